The number of aliphatic imine (C=N–C) groups is 1. The van der Waals surface area contributed by atoms with E-state index in [1.807, 2.05) is 20.0 Å². The van der Waals surface area contributed by atoms with Gasteiger partial charge < -0.3 is 10.1 Å². The fourth-order valence-corrected chi connectivity index (χ4v) is 3.46. The van der Waals surface area contributed by atoms with E-state index < -0.39 is 0 Å². The quantitative estimate of drug-likeness (QED) is 0.736. The molecule has 0 aromatic carbocycles. The maximum absolute atomic E-state index is 10.2. The number of nitrogens with zero attached hydrogens (tertiary/aromatic N) is 4. The molecule has 0 saturated carbocycles. The minimum absolute atomic E-state index is 0.141. The van der Waals surface area contributed by atoms with Crippen molar-refractivity contribution in [2.24, 2.45) is 4.99 Å². The Kier molecular flexibility index (Phi) is 3.57. The Hall–Kier alpha value is -3.15. The molecule has 0 aliphatic carbocycles. The summed E-state index contributed by atoms with van der Waals surface area (Å²) < 4.78 is 1.66. The Morgan fingerprint density at radius 2 is 1.92 bits per heavy atom. The van der Waals surface area contributed by atoms with Crippen LogP contribution in [0.25, 0.3) is 17.3 Å². The average molecular weight is 347 g/mol. The highest BCUT2D eigenvalue weighted by Gasteiger charge is 2.22. The average Bonchev–Trinajstić information content (AvgIpc) is 3.15. The number of aromatic amines is 1. The minimum atomic E-state index is 0.141. The molecule has 3 aromatic rings. The number of hydrogen-bond acceptors (Lipinski definition) is 4. The van der Waals surface area contributed by atoms with Gasteiger partial charge in [-0.3, -0.25) is 14.4 Å². The summed E-state index contributed by atoms with van der Waals surface area (Å²) in [6, 6.07) is 2.12. The largest absolute Gasteiger partial charge is 0.493 e. The molecule has 6 heteroatoms. The summed E-state index contributed by atoms with van der Waals surface area (Å²) in [6.45, 7) is 9.94. The van der Waals surface area contributed by atoms with E-state index in [0.29, 0.717) is 11.3 Å². The molecule has 1 aliphatic rings. The third-order valence-electron chi connectivity index (χ3n) is 4.79. The van der Waals surface area contributed by atoms with Crippen molar-refractivity contribution < 1.29 is 5.11 Å². The van der Waals surface area contributed by atoms with E-state index in [-0.39, 0.29) is 5.88 Å². The summed E-state index contributed by atoms with van der Waals surface area (Å²) in [5.74, 6) is 0.141. The minimum Gasteiger partial charge on any atom is -0.493 e. The third kappa shape index (κ3) is 2.45. The zero-order chi connectivity index (χ0) is 18.6. The SMILES string of the molecule is CC1=N/C(=C/c2[nH]c(C)cc2C)C(C)=C1c1cn2c(O)c(C)nc2cn1. The molecule has 0 fully saturated rings. The second-order valence-electron chi connectivity index (χ2n) is 6.80. The zero-order valence-corrected chi connectivity index (χ0v) is 15.5. The van der Waals surface area contributed by atoms with Crippen LogP contribution >= 0.6 is 0 Å². The Balaban J connectivity index is 1.83. The molecule has 1 aliphatic heterocycles. The number of hydrogen-bond donors (Lipinski definition) is 2. The van der Waals surface area contributed by atoms with Crippen LogP contribution in [-0.4, -0.2) is 30.2 Å². The van der Waals surface area contributed by atoms with E-state index in [1.165, 1.54) is 5.56 Å². The van der Waals surface area contributed by atoms with Gasteiger partial charge in [0.15, 0.2) is 5.65 Å². The molecule has 0 saturated heterocycles. The van der Waals surface area contributed by atoms with Gasteiger partial charge in [0.05, 0.1) is 17.6 Å². The number of allylic oxidation sites excluding steroid dienone is 2. The van der Waals surface area contributed by atoms with Crippen molar-refractivity contribution in [1.29, 1.82) is 0 Å². The number of rotatable bonds is 2. The lowest BCUT2D eigenvalue weighted by molar-refractivity contribution is 0.444. The summed E-state index contributed by atoms with van der Waals surface area (Å²) in [5.41, 5.74) is 9.28. The van der Waals surface area contributed by atoms with E-state index in [0.717, 1.165) is 39.6 Å². The van der Waals surface area contributed by atoms with Crippen LogP contribution < -0.4 is 0 Å². The molecular weight excluding hydrogens is 326 g/mol. The monoisotopic (exact) mass is 347 g/mol. The summed E-state index contributed by atoms with van der Waals surface area (Å²) in [7, 11) is 0. The Morgan fingerprint density at radius 1 is 1.15 bits per heavy atom. The lowest BCUT2D eigenvalue weighted by atomic mass is 10.0. The van der Waals surface area contributed by atoms with Crippen LogP contribution in [0.3, 0.4) is 0 Å². The van der Waals surface area contributed by atoms with Gasteiger partial charge >= 0.3 is 0 Å². The predicted molar refractivity (Wildman–Crippen MR) is 103 cm³/mol. The lowest BCUT2D eigenvalue weighted by Crippen LogP contribution is -2.00. The van der Waals surface area contributed by atoms with Crippen LogP contribution in [0.4, 0.5) is 0 Å². The van der Waals surface area contributed by atoms with Crippen molar-refractivity contribution in [3.63, 3.8) is 0 Å². The van der Waals surface area contributed by atoms with Crippen LogP contribution in [-0.2, 0) is 0 Å². The highest BCUT2D eigenvalue weighted by molar-refractivity contribution is 6.26. The van der Waals surface area contributed by atoms with Crippen molar-refractivity contribution in [1.82, 2.24) is 19.4 Å². The van der Waals surface area contributed by atoms with E-state index in [2.05, 4.69) is 40.9 Å². The number of aryl methyl sites for hydroxylation is 3. The molecule has 132 valence electrons. The van der Waals surface area contributed by atoms with E-state index in [4.69, 9.17) is 4.99 Å². The standard InChI is InChI=1S/C20H21N5O/c1-10-6-11(2)22-15(10)7-16-12(3)19(13(4)23-16)17-9-25-18(8-21-17)24-14(5)20(25)26/h6-9,22,26H,1-5H3/b16-7+. The second kappa shape index (κ2) is 5.69. The van der Waals surface area contributed by atoms with Gasteiger partial charge in [0, 0.05) is 28.9 Å². The molecule has 0 bridgehead atoms. The van der Waals surface area contributed by atoms with Crippen LogP contribution in [0.1, 0.15) is 42.2 Å². The molecule has 2 N–H and O–H groups in total. The number of imidazole rings is 1. The third-order valence-corrected chi connectivity index (χ3v) is 4.79. The number of nitrogens with one attached hydrogen (secondary N) is 1. The highest BCUT2D eigenvalue weighted by Crippen LogP contribution is 2.33. The summed E-state index contributed by atoms with van der Waals surface area (Å²) in [4.78, 5) is 16.9. The first kappa shape index (κ1) is 16.3. The van der Waals surface area contributed by atoms with Crippen molar-refractivity contribution in [3.8, 4) is 5.88 Å². The van der Waals surface area contributed by atoms with Gasteiger partial charge in [-0.05, 0) is 57.9 Å². The van der Waals surface area contributed by atoms with Crippen LogP contribution in [0.15, 0.2) is 34.7 Å². The first-order valence-corrected chi connectivity index (χ1v) is 8.54. The van der Waals surface area contributed by atoms with Gasteiger partial charge in [-0.1, -0.05) is 0 Å². The molecule has 26 heavy (non-hydrogen) atoms. The molecule has 0 spiro atoms. The molecule has 3 aromatic heterocycles. The van der Waals surface area contributed by atoms with Gasteiger partial charge in [0.25, 0.3) is 0 Å². The number of H-pyrrole nitrogens is 1. The van der Waals surface area contributed by atoms with Crippen LogP contribution in [0, 0.1) is 20.8 Å². The molecule has 4 rings (SSSR count). The zero-order valence-electron chi connectivity index (χ0n) is 15.5. The highest BCUT2D eigenvalue weighted by atomic mass is 16.3. The Labute approximate surface area is 151 Å². The number of aromatic nitrogens is 4. The van der Waals surface area contributed by atoms with Crippen molar-refractivity contribution in [3.05, 3.63) is 58.1 Å². The van der Waals surface area contributed by atoms with E-state index >= 15 is 0 Å². The van der Waals surface area contributed by atoms with Crippen molar-refractivity contribution >= 4 is 23.0 Å². The van der Waals surface area contributed by atoms with Gasteiger partial charge in [-0.15, -0.1) is 0 Å². The number of aromatic hydroxyl groups is 1. The molecule has 4 heterocycles. The summed E-state index contributed by atoms with van der Waals surface area (Å²) in [5, 5.41) is 10.2. The van der Waals surface area contributed by atoms with Gasteiger partial charge in [-0.25, -0.2) is 4.98 Å². The predicted octanol–water partition coefficient (Wildman–Crippen LogP) is 3.98. The lowest BCUT2D eigenvalue weighted by Gasteiger charge is -2.05. The fourth-order valence-electron chi connectivity index (χ4n) is 3.46. The molecule has 6 nitrogen and oxygen atoms in total. The first-order valence-electron chi connectivity index (χ1n) is 8.54. The topological polar surface area (TPSA) is 78.6 Å². The molecule has 0 radical (unpaired) electrons. The molecular formula is C20H21N5O. The smallest absolute Gasteiger partial charge is 0.219 e. The Morgan fingerprint density at radius 3 is 2.62 bits per heavy atom. The van der Waals surface area contributed by atoms with Gasteiger partial charge in [-0.2, -0.15) is 0 Å². The maximum Gasteiger partial charge on any atom is 0.219 e. The first-order chi connectivity index (χ1) is 12.3. The van der Waals surface area contributed by atoms with Gasteiger partial charge in [0.1, 0.15) is 5.69 Å². The second-order valence-corrected chi connectivity index (χ2v) is 6.80. The molecule has 0 unspecified atom stereocenters. The summed E-state index contributed by atoms with van der Waals surface area (Å²) in [6.07, 6.45) is 5.57. The normalized spacial score (nSPS) is 16.2. The molecule has 0 amide bonds. The van der Waals surface area contributed by atoms with E-state index in [9.17, 15) is 5.11 Å². The van der Waals surface area contributed by atoms with Crippen LogP contribution in [0.5, 0.6) is 5.88 Å². The van der Waals surface area contributed by atoms with Crippen molar-refractivity contribution in [2.75, 3.05) is 0 Å². The number of fused-ring (bicyclic) bond motifs is 1. The molecule has 0 atom stereocenters. The summed E-state index contributed by atoms with van der Waals surface area (Å²) >= 11 is 0. The maximum atomic E-state index is 10.2. The fraction of sp³-hybridized carbons (Fsp3) is 0.250. The van der Waals surface area contributed by atoms with Crippen molar-refractivity contribution in [2.45, 2.75) is 34.6 Å². The van der Waals surface area contributed by atoms with Crippen LogP contribution in [0.2, 0.25) is 0 Å². The Bertz CT molecular complexity index is 1140. The van der Waals surface area contributed by atoms with E-state index in [1.54, 1.807) is 17.5 Å². The van der Waals surface area contributed by atoms with Gasteiger partial charge in [0.2, 0.25) is 5.88 Å².